The van der Waals surface area contributed by atoms with Gasteiger partial charge in [-0.15, -0.1) is 0 Å². The standard InChI is InChI=1S/C18H20ClFN2O4S/c1-4-26-15-8-6-14(7-9-15)22(27(3,24)25)12(2)18(23)21-13-5-10-17(20)16(19)11-13/h5-12H,4H2,1-3H3,(H,21,23)/t12-/m0/s1. The van der Waals surface area contributed by atoms with Crippen LogP contribution < -0.4 is 14.4 Å². The first-order chi connectivity index (χ1) is 12.6. The first-order valence-electron chi connectivity index (χ1n) is 8.11. The van der Waals surface area contributed by atoms with Gasteiger partial charge < -0.3 is 10.1 Å². The molecule has 0 unspecified atom stereocenters. The van der Waals surface area contributed by atoms with Gasteiger partial charge in [-0.2, -0.15) is 0 Å². The van der Waals surface area contributed by atoms with Gasteiger partial charge in [0.25, 0.3) is 0 Å². The average Bonchev–Trinajstić information content (AvgIpc) is 2.59. The number of hydrogen-bond acceptors (Lipinski definition) is 4. The van der Waals surface area contributed by atoms with E-state index in [-0.39, 0.29) is 10.7 Å². The Kier molecular flexibility index (Phi) is 6.67. The highest BCUT2D eigenvalue weighted by molar-refractivity contribution is 7.92. The van der Waals surface area contributed by atoms with Crippen molar-refractivity contribution in [1.29, 1.82) is 0 Å². The van der Waals surface area contributed by atoms with Crippen LogP contribution in [0.3, 0.4) is 0 Å². The van der Waals surface area contributed by atoms with E-state index in [1.807, 2.05) is 6.92 Å². The third-order valence-corrected chi connectivity index (χ3v) is 5.21. The fourth-order valence-electron chi connectivity index (χ4n) is 2.49. The van der Waals surface area contributed by atoms with Gasteiger partial charge in [-0.05, 0) is 56.3 Å². The monoisotopic (exact) mass is 414 g/mol. The summed E-state index contributed by atoms with van der Waals surface area (Å²) in [5, 5.41) is 2.40. The maximum absolute atomic E-state index is 13.2. The molecule has 2 aromatic rings. The third-order valence-electron chi connectivity index (χ3n) is 3.68. The molecule has 146 valence electrons. The molecule has 0 spiro atoms. The third kappa shape index (κ3) is 5.33. The Labute approximate surface area is 162 Å². The van der Waals surface area contributed by atoms with Gasteiger partial charge in [-0.3, -0.25) is 9.10 Å². The highest BCUT2D eigenvalue weighted by atomic mass is 35.5. The van der Waals surface area contributed by atoms with Crippen LogP contribution in [-0.2, 0) is 14.8 Å². The minimum Gasteiger partial charge on any atom is -0.494 e. The molecule has 0 bridgehead atoms. The van der Waals surface area contributed by atoms with Crippen LogP contribution in [0, 0.1) is 5.82 Å². The van der Waals surface area contributed by atoms with Crippen molar-refractivity contribution in [3.05, 3.63) is 53.3 Å². The Balaban J connectivity index is 2.27. The maximum Gasteiger partial charge on any atom is 0.247 e. The van der Waals surface area contributed by atoms with Gasteiger partial charge in [0.1, 0.15) is 17.6 Å². The van der Waals surface area contributed by atoms with E-state index in [1.165, 1.54) is 19.1 Å². The van der Waals surface area contributed by atoms with Gasteiger partial charge in [0.15, 0.2) is 0 Å². The normalized spacial score (nSPS) is 12.3. The molecule has 1 amide bonds. The lowest BCUT2D eigenvalue weighted by Gasteiger charge is -2.28. The van der Waals surface area contributed by atoms with Crippen molar-refractivity contribution >= 4 is 38.9 Å². The van der Waals surface area contributed by atoms with Crippen LogP contribution in [0.4, 0.5) is 15.8 Å². The zero-order valence-electron chi connectivity index (χ0n) is 15.1. The molecule has 0 heterocycles. The molecule has 0 aliphatic rings. The zero-order chi connectivity index (χ0) is 20.2. The van der Waals surface area contributed by atoms with Gasteiger partial charge in [0, 0.05) is 5.69 Å². The van der Waals surface area contributed by atoms with Crippen LogP contribution >= 0.6 is 11.6 Å². The summed E-state index contributed by atoms with van der Waals surface area (Å²) in [6.07, 6.45) is 1.02. The molecule has 0 aromatic heterocycles. The molecular weight excluding hydrogens is 395 g/mol. The molecule has 6 nitrogen and oxygen atoms in total. The fraction of sp³-hybridized carbons (Fsp3) is 0.278. The molecule has 1 N–H and O–H groups in total. The molecule has 9 heteroatoms. The summed E-state index contributed by atoms with van der Waals surface area (Å²) >= 11 is 5.70. The van der Waals surface area contributed by atoms with E-state index in [0.717, 1.165) is 16.6 Å². The van der Waals surface area contributed by atoms with Crippen molar-refractivity contribution in [3.8, 4) is 5.75 Å². The number of sulfonamides is 1. The van der Waals surface area contributed by atoms with Crippen LogP contribution in [0.15, 0.2) is 42.5 Å². The van der Waals surface area contributed by atoms with E-state index in [2.05, 4.69) is 5.32 Å². The van der Waals surface area contributed by atoms with Crippen LogP contribution in [0.2, 0.25) is 5.02 Å². The summed E-state index contributed by atoms with van der Waals surface area (Å²) in [4.78, 5) is 12.6. The minimum atomic E-state index is -3.75. The molecule has 0 aliphatic heterocycles. The van der Waals surface area contributed by atoms with Crippen molar-refractivity contribution in [3.63, 3.8) is 0 Å². The lowest BCUT2D eigenvalue weighted by atomic mass is 10.2. The van der Waals surface area contributed by atoms with E-state index >= 15 is 0 Å². The van der Waals surface area contributed by atoms with E-state index in [4.69, 9.17) is 16.3 Å². The molecule has 0 saturated heterocycles. The number of ether oxygens (including phenoxy) is 1. The number of nitrogens with zero attached hydrogens (tertiary/aromatic N) is 1. The predicted molar refractivity (Wildman–Crippen MR) is 104 cm³/mol. The van der Waals surface area contributed by atoms with Crippen molar-refractivity contribution in [2.75, 3.05) is 22.5 Å². The van der Waals surface area contributed by atoms with E-state index in [1.54, 1.807) is 24.3 Å². The number of carbonyl (C=O) groups is 1. The first kappa shape index (κ1) is 21.0. The smallest absolute Gasteiger partial charge is 0.247 e. The quantitative estimate of drug-likeness (QED) is 0.750. The lowest BCUT2D eigenvalue weighted by molar-refractivity contribution is -0.116. The van der Waals surface area contributed by atoms with Crippen molar-refractivity contribution < 1.29 is 22.3 Å². The summed E-state index contributed by atoms with van der Waals surface area (Å²) in [6.45, 7) is 3.77. The van der Waals surface area contributed by atoms with Crippen LogP contribution in [0.25, 0.3) is 0 Å². The van der Waals surface area contributed by atoms with Crippen molar-refractivity contribution in [2.24, 2.45) is 0 Å². The number of nitrogens with one attached hydrogen (secondary N) is 1. The molecule has 27 heavy (non-hydrogen) atoms. The number of anilines is 2. The molecular formula is C18H20ClFN2O4S. The minimum absolute atomic E-state index is 0.146. The lowest BCUT2D eigenvalue weighted by Crippen LogP contribution is -2.45. The van der Waals surface area contributed by atoms with Gasteiger partial charge in [0.2, 0.25) is 15.9 Å². The summed E-state index contributed by atoms with van der Waals surface area (Å²) in [5.74, 6) is -0.611. The van der Waals surface area contributed by atoms with Gasteiger partial charge in [-0.25, -0.2) is 12.8 Å². The number of carbonyl (C=O) groups excluding carboxylic acids is 1. The summed E-state index contributed by atoms with van der Waals surface area (Å²) in [7, 11) is -3.75. The second-order valence-electron chi connectivity index (χ2n) is 5.78. The van der Waals surface area contributed by atoms with Crippen LogP contribution in [0.1, 0.15) is 13.8 Å². The number of halogens is 2. The Morgan fingerprint density at radius 2 is 1.89 bits per heavy atom. The SMILES string of the molecule is CCOc1ccc(N([C@@H](C)C(=O)Nc2ccc(F)c(Cl)c2)S(C)(=O)=O)cc1. The zero-order valence-corrected chi connectivity index (χ0v) is 16.6. The number of rotatable bonds is 7. The summed E-state index contributed by atoms with van der Waals surface area (Å²) < 4.78 is 44.2. The number of amides is 1. The molecule has 0 aliphatic carbocycles. The fourth-order valence-corrected chi connectivity index (χ4v) is 3.84. The molecule has 2 aromatic carbocycles. The van der Waals surface area contributed by atoms with Gasteiger partial charge >= 0.3 is 0 Å². The Bertz CT molecular complexity index is 919. The first-order valence-corrected chi connectivity index (χ1v) is 10.3. The van der Waals surface area contributed by atoms with E-state index in [9.17, 15) is 17.6 Å². The topological polar surface area (TPSA) is 75.7 Å². The average molecular weight is 415 g/mol. The molecule has 0 radical (unpaired) electrons. The van der Waals surface area contributed by atoms with Crippen molar-refractivity contribution in [1.82, 2.24) is 0 Å². The maximum atomic E-state index is 13.2. The summed E-state index contributed by atoms with van der Waals surface area (Å²) in [5.41, 5.74) is 0.583. The van der Waals surface area contributed by atoms with E-state index in [0.29, 0.717) is 18.0 Å². The largest absolute Gasteiger partial charge is 0.494 e. The molecule has 1 atom stereocenters. The van der Waals surface area contributed by atoms with Gasteiger partial charge in [0.05, 0.1) is 23.6 Å². The highest BCUT2D eigenvalue weighted by Gasteiger charge is 2.29. The molecule has 2 rings (SSSR count). The molecule has 0 saturated carbocycles. The second-order valence-corrected chi connectivity index (χ2v) is 8.05. The highest BCUT2D eigenvalue weighted by Crippen LogP contribution is 2.25. The predicted octanol–water partition coefficient (Wildman–Crippen LogP) is 3.67. The van der Waals surface area contributed by atoms with Gasteiger partial charge in [-0.1, -0.05) is 11.6 Å². The number of benzene rings is 2. The van der Waals surface area contributed by atoms with E-state index < -0.39 is 27.8 Å². The Morgan fingerprint density at radius 3 is 2.41 bits per heavy atom. The number of hydrogen-bond donors (Lipinski definition) is 1. The van der Waals surface area contributed by atoms with Crippen LogP contribution in [0.5, 0.6) is 5.75 Å². The second kappa shape index (κ2) is 8.58. The molecule has 0 fully saturated rings. The Hall–Kier alpha value is -2.32. The van der Waals surface area contributed by atoms with Crippen molar-refractivity contribution in [2.45, 2.75) is 19.9 Å². The Morgan fingerprint density at radius 1 is 1.26 bits per heavy atom. The van der Waals surface area contributed by atoms with Crippen LogP contribution in [-0.4, -0.2) is 33.2 Å². The summed E-state index contributed by atoms with van der Waals surface area (Å²) in [6, 6.07) is 9.03.